The summed E-state index contributed by atoms with van der Waals surface area (Å²) in [4.78, 5) is 27.9. The first-order valence-electron chi connectivity index (χ1n) is 11.4. The molecule has 2 aromatic rings. The molecule has 4 rings (SSSR count). The molecule has 0 radical (unpaired) electrons. The number of aliphatic hydroxyl groups excluding tert-OH is 1. The van der Waals surface area contributed by atoms with E-state index >= 15 is 0 Å². The molecule has 0 aliphatic carbocycles. The largest absolute Gasteiger partial charge is 0.396 e. The van der Waals surface area contributed by atoms with Gasteiger partial charge in [-0.3, -0.25) is 0 Å². The van der Waals surface area contributed by atoms with E-state index in [0.29, 0.717) is 12.2 Å². The molecule has 9 heteroatoms. The zero-order valence-corrected chi connectivity index (χ0v) is 18.9. The number of aromatic nitrogens is 4. The van der Waals surface area contributed by atoms with Gasteiger partial charge < -0.3 is 24.7 Å². The van der Waals surface area contributed by atoms with Crippen LogP contribution in [0.25, 0.3) is 0 Å². The van der Waals surface area contributed by atoms with Crippen molar-refractivity contribution in [1.29, 1.82) is 0 Å². The lowest BCUT2D eigenvalue weighted by molar-refractivity contribution is 0.270. The second-order valence-corrected chi connectivity index (χ2v) is 8.45. The van der Waals surface area contributed by atoms with Crippen LogP contribution >= 0.6 is 0 Å². The average molecular weight is 427 g/mol. The lowest BCUT2D eigenvalue weighted by Crippen LogP contribution is -2.57. The monoisotopic (exact) mass is 426 g/mol. The number of hydrogen-bond donors (Lipinski definition) is 1. The van der Waals surface area contributed by atoms with Crippen molar-refractivity contribution in [3.63, 3.8) is 0 Å². The summed E-state index contributed by atoms with van der Waals surface area (Å²) in [6.07, 6.45) is 4.15. The standard InChI is InChI=1S/C22H34N8O/c1-4-27-10-12-28(13-11-27)22-24-9-5-20(26-22)29-15-17(2)30(18(3)16-29)21-6-8-23-19(25-21)7-14-31/h5-6,8-9,17-18,31H,4,7,10-16H2,1-3H3/t17-,18+. The van der Waals surface area contributed by atoms with Crippen molar-refractivity contribution in [3.8, 4) is 0 Å². The van der Waals surface area contributed by atoms with Crippen LogP contribution in [0.15, 0.2) is 24.5 Å². The SMILES string of the molecule is CCN1CCN(c2nccc(N3C[C@@H](C)N(c4ccnc(CCO)n4)[C@@H](C)C3)n2)CC1. The molecule has 2 saturated heterocycles. The van der Waals surface area contributed by atoms with Gasteiger partial charge in [0.15, 0.2) is 0 Å². The number of rotatable bonds is 6. The van der Waals surface area contributed by atoms with Gasteiger partial charge in [0.25, 0.3) is 0 Å². The molecule has 0 bridgehead atoms. The van der Waals surface area contributed by atoms with Crippen molar-refractivity contribution in [2.24, 2.45) is 0 Å². The molecule has 4 heterocycles. The molecule has 2 atom stereocenters. The van der Waals surface area contributed by atoms with Crippen LogP contribution in [0.1, 0.15) is 26.6 Å². The molecule has 0 unspecified atom stereocenters. The predicted molar refractivity (Wildman–Crippen MR) is 123 cm³/mol. The molecule has 0 saturated carbocycles. The van der Waals surface area contributed by atoms with E-state index in [1.165, 1.54) is 0 Å². The maximum absolute atomic E-state index is 9.21. The van der Waals surface area contributed by atoms with Crippen LogP contribution < -0.4 is 14.7 Å². The highest BCUT2D eigenvalue weighted by molar-refractivity contribution is 5.49. The summed E-state index contributed by atoms with van der Waals surface area (Å²) < 4.78 is 0. The fourth-order valence-corrected chi connectivity index (χ4v) is 4.65. The molecular formula is C22H34N8O. The summed E-state index contributed by atoms with van der Waals surface area (Å²) >= 11 is 0. The van der Waals surface area contributed by atoms with E-state index < -0.39 is 0 Å². The summed E-state index contributed by atoms with van der Waals surface area (Å²) in [6.45, 7) is 13.6. The van der Waals surface area contributed by atoms with Crippen LogP contribution in [0.3, 0.4) is 0 Å². The summed E-state index contributed by atoms with van der Waals surface area (Å²) in [5.41, 5.74) is 0. The van der Waals surface area contributed by atoms with Gasteiger partial charge in [0.1, 0.15) is 17.5 Å². The van der Waals surface area contributed by atoms with E-state index in [1.807, 2.05) is 18.3 Å². The number of likely N-dealkylation sites (N-methyl/N-ethyl adjacent to an activating group) is 1. The third kappa shape index (κ3) is 4.88. The maximum atomic E-state index is 9.21. The van der Waals surface area contributed by atoms with Crippen LogP contribution in [0.5, 0.6) is 0 Å². The van der Waals surface area contributed by atoms with Gasteiger partial charge in [-0.05, 0) is 32.5 Å². The highest BCUT2D eigenvalue weighted by Gasteiger charge is 2.31. The van der Waals surface area contributed by atoms with Gasteiger partial charge in [0.05, 0.1) is 6.61 Å². The normalized spacial score (nSPS) is 22.8. The van der Waals surface area contributed by atoms with Gasteiger partial charge in [-0.25, -0.2) is 15.0 Å². The number of anilines is 3. The molecule has 31 heavy (non-hydrogen) atoms. The molecule has 2 aliphatic heterocycles. The van der Waals surface area contributed by atoms with Crippen molar-refractivity contribution < 1.29 is 5.11 Å². The summed E-state index contributed by atoms with van der Waals surface area (Å²) in [7, 11) is 0. The van der Waals surface area contributed by atoms with E-state index in [-0.39, 0.29) is 18.7 Å². The lowest BCUT2D eigenvalue weighted by atomic mass is 10.1. The van der Waals surface area contributed by atoms with Crippen LogP contribution in [-0.2, 0) is 6.42 Å². The summed E-state index contributed by atoms with van der Waals surface area (Å²) in [5, 5.41) is 9.21. The van der Waals surface area contributed by atoms with Crippen LogP contribution in [0.2, 0.25) is 0 Å². The van der Waals surface area contributed by atoms with Crippen molar-refractivity contribution in [2.75, 3.05) is 67.1 Å². The highest BCUT2D eigenvalue weighted by Crippen LogP contribution is 2.26. The van der Waals surface area contributed by atoms with Gasteiger partial charge in [0, 0.05) is 70.2 Å². The third-order valence-corrected chi connectivity index (χ3v) is 6.26. The Hall–Kier alpha value is -2.52. The second-order valence-electron chi connectivity index (χ2n) is 8.45. The van der Waals surface area contributed by atoms with Gasteiger partial charge in [-0.2, -0.15) is 4.98 Å². The van der Waals surface area contributed by atoms with E-state index in [2.05, 4.69) is 55.3 Å². The van der Waals surface area contributed by atoms with E-state index in [9.17, 15) is 5.11 Å². The first-order valence-corrected chi connectivity index (χ1v) is 11.4. The smallest absolute Gasteiger partial charge is 0.227 e. The van der Waals surface area contributed by atoms with Gasteiger partial charge >= 0.3 is 0 Å². The topological polar surface area (TPSA) is 84.8 Å². The Morgan fingerprint density at radius 3 is 2.26 bits per heavy atom. The molecule has 2 aliphatic rings. The van der Waals surface area contributed by atoms with Gasteiger partial charge in [-0.15, -0.1) is 0 Å². The zero-order chi connectivity index (χ0) is 21.8. The lowest BCUT2D eigenvalue weighted by Gasteiger charge is -2.45. The molecule has 0 amide bonds. The summed E-state index contributed by atoms with van der Waals surface area (Å²) in [6, 6.07) is 4.52. The van der Waals surface area contributed by atoms with E-state index in [4.69, 9.17) is 4.98 Å². The van der Waals surface area contributed by atoms with Crippen LogP contribution in [0.4, 0.5) is 17.6 Å². The van der Waals surface area contributed by atoms with Crippen LogP contribution in [-0.4, -0.2) is 94.4 Å². The van der Waals surface area contributed by atoms with E-state index in [1.54, 1.807) is 6.20 Å². The Morgan fingerprint density at radius 2 is 1.58 bits per heavy atom. The Labute approximate surface area is 184 Å². The molecule has 0 spiro atoms. The average Bonchev–Trinajstić information content (AvgIpc) is 2.79. The first-order chi connectivity index (χ1) is 15.1. The Kier molecular flexibility index (Phi) is 6.82. The Morgan fingerprint density at radius 1 is 0.903 bits per heavy atom. The molecule has 9 nitrogen and oxygen atoms in total. The van der Waals surface area contributed by atoms with Crippen molar-refractivity contribution >= 4 is 17.6 Å². The molecule has 0 aromatic carbocycles. The van der Waals surface area contributed by atoms with Crippen molar-refractivity contribution in [3.05, 3.63) is 30.4 Å². The highest BCUT2D eigenvalue weighted by atomic mass is 16.3. The van der Waals surface area contributed by atoms with Crippen molar-refractivity contribution in [1.82, 2.24) is 24.8 Å². The first kappa shape index (κ1) is 21.7. The summed E-state index contributed by atoms with van der Waals surface area (Å²) in [5.74, 6) is 3.44. The maximum Gasteiger partial charge on any atom is 0.227 e. The molecular weight excluding hydrogens is 392 g/mol. The van der Waals surface area contributed by atoms with E-state index in [0.717, 1.165) is 63.4 Å². The Bertz CT molecular complexity index is 845. The molecule has 2 aromatic heterocycles. The molecule has 2 fully saturated rings. The number of nitrogens with zero attached hydrogens (tertiary/aromatic N) is 8. The second kappa shape index (κ2) is 9.74. The fourth-order valence-electron chi connectivity index (χ4n) is 4.65. The Balaban J connectivity index is 1.46. The van der Waals surface area contributed by atoms with Crippen molar-refractivity contribution in [2.45, 2.75) is 39.3 Å². The van der Waals surface area contributed by atoms with Gasteiger partial charge in [-0.1, -0.05) is 6.92 Å². The number of hydrogen-bond acceptors (Lipinski definition) is 9. The predicted octanol–water partition coefficient (Wildman–Crippen LogP) is 1.05. The third-order valence-electron chi connectivity index (χ3n) is 6.26. The van der Waals surface area contributed by atoms with Crippen LogP contribution in [0, 0.1) is 0 Å². The zero-order valence-electron chi connectivity index (χ0n) is 18.9. The minimum absolute atomic E-state index is 0.0614. The number of aliphatic hydroxyl groups is 1. The minimum atomic E-state index is 0.0614. The molecule has 168 valence electrons. The number of piperazine rings is 2. The minimum Gasteiger partial charge on any atom is -0.396 e. The molecule has 1 N–H and O–H groups in total. The van der Waals surface area contributed by atoms with Gasteiger partial charge in [0.2, 0.25) is 5.95 Å². The quantitative estimate of drug-likeness (QED) is 0.728. The fraction of sp³-hybridized carbons (Fsp3) is 0.636.